The van der Waals surface area contributed by atoms with Crippen LogP contribution in [0.25, 0.3) is 0 Å². The van der Waals surface area contributed by atoms with Crippen molar-refractivity contribution in [2.24, 2.45) is 5.92 Å². The van der Waals surface area contributed by atoms with Gasteiger partial charge in [0, 0.05) is 5.56 Å². The van der Waals surface area contributed by atoms with Crippen LogP contribution < -0.4 is 28.9 Å². The second-order valence-electron chi connectivity index (χ2n) is 5.62. The summed E-state index contributed by atoms with van der Waals surface area (Å²) in [4.78, 5) is 12.4. The topological polar surface area (TPSA) is 26.3 Å². The summed E-state index contributed by atoms with van der Waals surface area (Å²) in [5, 5.41) is 1.44. The Kier molecular flexibility index (Phi) is 8.38. The van der Waals surface area contributed by atoms with E-state index in [-0.39, 0.29) is 34.4 Å². The Morgan fingerprint density at radius 1 is 1.26 bits per heavy atom. The van der Waals surface area contributed by atoms with Crippen LogP contribution in [0.5, 0.6) is 5.75 Å². The summed E-state index contributed by atoms with van der Waals surface area (Å²) in [6, 6.07) is 13.2. The first kappa shape index (κ1) is 20.3. The zero-order valence-electron chi connectivity index (χ0n) is 15.0. The van der Waals surface area contributed by atoms with E-state index >= 15 is 0 Å². The van der Waals surface area contributed by atoms with Crippen molar-refractivity contribution in [3.63, 3.8) is 0 Å². The average molecular weight is 343 g/mol. The van der Waals surface area contributed by atoms with Gasteiger partial charge in [-0.25, -0.2) is 0 Å². The fourth-order valence-electron chi connectivity index (χ4n) is 1.97. The van der Waals surface area contributed by atoms with E-state index in [0.29, 0.717) is 17.5 Å². The number of carbonyl (C=O) groups is 1. The summed E-state index contributed by atoms with van der Waals surface area (Å²) in [7, 11) is 0.0183. The predicted molar refractivity (Wildman–Crippen MR) is 96.4 cm³/mol. The molecule has 2 aromatic rings. The van der Waals surface area contributed by atoms with Crippen molar-refractivity contribution in [1.82, 2.24) is 0 Å². The molecule has 1 atom stereocenters. The molecule has 2 aromatic carbocycles. The molecule has 0 radical (unpaired) electrons. The molecule has 5 heteroatoms. The van der Waals surface area contributed by atoms with Crippen molar-refractivity contribution in [2.45, 2.75) is 20.8 Å². The molecule has 0 saturated carbocycles. The number of rotatable bonds is 6. The van der Waals surface area contributed by atoms with Crippen molar-refractivity contribution in [1.29, 1.82) is 0 Å². The molecule has 2 rings (SSSR count). The number of halogens is 1. The van der Waals surface area contributed by atoms with Gasteiger partial charge in [-0.3, -0.25) is 4.79 Å². The van der Waals surface area contributed by atoms with Crippen LogP contribution in [0.3, 0.4) is 0 Å². The first-order valence-electron chi connectivity index (χ1n) is 7.26. The fraction of sp³-hybridized carbons (Fsp3) is 0.278. The molecule has 0 saturated heterocycles. The second kappa shape index (κ2) is 9.51. The van der Waals surface area contributed by atoms with Crippen LogP contribution in [0.4, 0.5) is 0 Å². The number of aryl methyl sites for hydroxylation is 1. The summed E-state index contributed by atoms with van der Waals surface area (Å²) in [6.45, 7) is 6.79. The van der Waals surface area contributed by atoms with E-state index in [1.54, 1.807) is 6.07 Å². The normalized spacial score (nSPS) is 10.8. The molecule has 1 unspecified atom stereocenters. The van der Waals surface area contributed by atoms with Gasteiger partial charge in [0.1, 0.15) is 5.75 Å². The Morgan fingerprint density at radius 3 is 2.57 bits per heavy atom. The van der Waals surface area contributed by atoms with Crippen molar-refractivity contribution >= 4 is 31.0 Å². The van der Waals surface area contributed by atoms with Crippen LogP contribution in [-0.2, 0) is 0 Å². The third-order valence-electron chi connectivity index (χ3n) is 3.16. The molecule has 0 bridgehead atoms. The fourth-order valence-corrected chi connectivity index (χ4v) is 3.30. The van der Waals surface area contributed by atoms with Crippen LogP contribution in [-0.4, -0.2) is 12.1 Å². The van der Waals surface area contributed by atoms with Gasteiger partial charge in [0.25, 0.3) is 0 Å². The van der Waals surface area contributed by atoms with Crippen molar-refractivity contribution < 1.29 is 29.8 Å². The molecular formula is C18H21ClLiO2P. The van der Waals surface area contributed by atoms with Gasteiger partial charge in [0.15, 0.2) is 5.52 Å². The van der Waals surface area contributed by atoms with Gasteiger partial charge in [-0.1, -0.05) is 49.7 Å². The quantitative estimate of drug-likeness (QED) is 0.592. The Balaban J connectivity index is 0.00000264. The monoisotopic (exact) mass is 342 g/mol. The van der Waals surface area contributed by atoms with E-state index < -0.39 is 0 Å². The molecule has 0 amide bonds. The van der Waals surface area contributed by atoms with E-state index in [0.717, 1.165) is 22.2 Å². The van der Waals surface area contributed by atoms with E-state index in [2.05, 4.69) is 13.8 Å². The molecule has 2 nitrogen and oxygen atoms in total. The maximum absolute atomic E-state index is 12.4. The number of benzene rings is 2. The molecule has 0 spiro atoms. The summed E-state index contributed by atoms with van der Waals surface area (Å²) in [5.74, 6) is 1.21. The van der Waals surface area contributed by atoms with Crippen molar-refractivity contribution in [3.05, 3.63) is 58.6 Å². The molecule has 0 heterocycles. The maximum Gasteiger partial charge on any atom is 1.00 e. The summed E-state index contributed by atoms with van der Waals surface area (Å²) in [6.07, 6.45) is 0. The Labute approximate surface area is 158 Å². The first-order chi connectivity index (χ1) is 10.5. The number of hydrogen-bond donors (Lipinski definition) is 0. The third kappa shape index (κ3) is 5.98. The van der Waals surface area contributed by atoms with Gasteiger partial charge in [0.05, 0.1) is 11.6 Å². The Bertz CT molecular complexity index is 680. The van der Waals surface area contributed by atoms with Crippen molar-refractivity contribution in [2.75, 3.05) is 6.61 Å². The van der Waals surface area contributed by atoms with Crippen LogP contribution in [0.2, 0.25) is 5.02 Å². The van der Waals surface area contributed by atoms with Gasteiger partial charge >= 0.3 is 18.9 Å². The number of hydrogen-bond acceptors (Lipinski definition) is 2. The smallest absolute Gasteiger partial charge is 1.00 e. The third-order valence-corrected chi connectivity index (χ3v) is 4.83. The minimum atomic E-state index is 0. The van der Waals surface area contributed by atoms with E-state index in [4.69, 9.17) is 16.3 Å². The minimum absolute atomic E-state index is 0. The SMILES string of the molecule is Cc1ccccc1C(=O)Pc1ccc(OCC(C)C)cc1Cl.[H-].[Li+]. The Morgan fingerprint density at radius 2 is 1.96 bits per heavy atom. The zero-order chi connectivity index (χ0) is 16.1. The van der Waals surface area contributed by atoms with E-state index in [1.165, 1.54) is 0 Å². The van der Waals surface area contributed by atoms with Crippen LogP contribution in [0.15, 0.2) is 42.5 Å². The molecule has 0 aliphatic heterocycles. The predicted octanol–water partition coefficient (Wildman–Crippen LogP) is 1.94. The average Bonchev–Trinajstić information content (AvgIpc) is 2.48. The molecular weight excluding hydrogens is 322 g/mol. The van der Waals surface area contributed by atoms with Gasteiger partial charge < -0.3 is 6.16 Å². The first-order valence-corrected chi connectivity index (χ1v) is 8.64. The van der Waals surface area contributed by atoms with Gasteiger partial charge in [-0.15, -0.1) is 0 Å². The molecule has 118 valence electrons. The summed E-state index contributed by atoms with van der Waals surface area (Å²) in [5.41, 5.74) is 1.86. The van der Waals surface area contributed by atoms with Crippen LogP contribution in [0, 0.1) is 12.8 Å². The second-order valence-corrected chi connectivity index (χ2v) is 7.27. The molecule has 0 fully saturated rings. The molecule has 0 N–H and O–H groups in total. The van der Waals surface area contributed by atoms with Gasteiger partial charge in [-0.05, 0) is 50.5 Å². The van der Waals surface area contributed by atoms with Gasteiger partial charge in [-0.2, -0.15) is 0 Å². The van der Waals surface area contributed by atoms with Gasteiger partial charge in [0.2, 0.25) is 0 Å². The largest absolute Gasteiger partial charge is 1.00 e. The zero-order valence-corrected chi connectivity index (χ0v) is 15.8. The van der Waals surface area contributed by atoms with Crippen LogP contribution >= 0.6 is 20.2 Å². The van der Waals surface area contributed by atoms with Crippen molar-refractivity contribution in [3.8, 4) is 5.75 Å². The van der Waals surface area contributed by atoms with Crippen LogP contribution in [0.1, 0.15) is 31.2 Å². The maximum atomic E-state index is 12.4. The molecule has 0 aliphatic carbocycles. The Hall–Kier alpha value is -0.773. The standard InChI is InChI=1S/C18H20ClO2P.Li.H/c1-12(2)11-21-14-8-9-17(16(19)10-14)22-18(20)15-7-5-4-6-13(15)3;;/h4-10,12,22H,11H2,1-3H3;;/q;+1;-1. The summed E-state index contributed by atoms with van der Waals surface area (Å²) >= 11 is 6.29. The number of carbonyl (C=O) groups excluding carboxylic acids is 1. The summed E-state index contributed by atoms with van der Waals surface area (Å²) < 4.78 is 5.65. The molecule has 0 aromatic heterocycles. The molecule has 0 aliphatic rings. The van der Waals surface area contributed by atoms with E-state index in [1.807, 2.05) is 43.3 Å². The molecule has 23 heavy (non-hydrogen) atoms. The minimum Gasteiger partial charge on any atom is -1.00 e. The van der Waals surface area contributed by atoms with E-state index in [9.17, 15) is 4.79 Å². The number of ether oxygens (including phenoxy) is 1.